The summed E-state index contributed by atoms with van der Waals surface area (Å²) in [5.41, 5.74) is 3.36. The third-order valence-corrected chi connectivity index (χ3v) is 3.11. The van der Waals surface area contributed by atoms with E-state index >= 15 is 0 Å². The number of anilines is 2. The summed E-state index contributed by atoms with van der Waals surface area (Å²) in [5, 5.41) is 5.98. The summed E-state index contributed by atoms with van der Waals surface area (Å²) in [6.07, 6.45) is 0.906. The molecule has 0 aliphatic rings. The van der Waals surface area contributed by atoms with Gasteiger partial charge in [0.15, 0.2) is 0 Å². The van der Waals surface area contributed by atoms with Gasteiger partial charge in [-0.1, -0.05) is 20.8 Å². The van der Waals surface area contributed by atoms with E-state index in [2.05, 4.69) is 26.0 Å². The number of amides is 1. The van der Waals surface area contributed by atoms with Gasteiger partial charge >= 0.3 is 0 Å². The molecule has 1 rings (SSSR count). The number of rotatable bonds is 7. The fourth-order valence-electron chi connectivity index (χ4n) is 1.75. The molecule has 21 heavy (non-hydrogen) atoms. The average Bonchev–Trinajstić information content (AvgIpc) is 2.46. The van der Waals surface area contributed by atoms with Crippen LogP contribution in [0.5, 0.6) is 0 Å². The minimum atomic E-state index is -0.379. The predicted molar refractivity (Wildman–Crippen MR) is 85.1 cm³/mol. The van der Waals surface area contributed by atoms with Crippen molar-refractivity contribution in [1.29, 1.82) is 0 Å². The first-order valence-corrected chi connectivity index (χ1v) is 7.30. The number of hydrogen-bond acceptors (Lipinski definition) is 6. The molecule has 1 atom stereocenters. The van der Waals surface area contributed by atoms with Gasteiger partial charge in [-0.3, -0.25) is 4.79 Å². The summed E-state index contributed by atoms with van der Waals surface area (Å²) < 4.78 is 0. The first-order chi connectivity index (χ1) is 9.90. The van der Waals surface area contributed by atoms with E-state index in [9.17, 15) is 4.79 Å². The topological polar surface area (TPSA) is 105 Å². The molecular weight excluding hydrogens is 268 g/mol. The smallest absolute Gasteiger partial charge is 0.242 e. The Balaban J connectivity index is 2.96. The molecule has 1 amide bonds. The minimum absolute atomic E-state index is 0.0526. The lowest BCUT2D eigenvalue weighted by Gasteiger charge is -2.18. The lowest BCUT2D eigenvalue weighted by molar-refractivity contribution is -0.121. The van der Waals surface area contributed by atoms with Gasteiger partial charge in [0.1, 0.15) is 23.5 Å². The zero-order chi connectivity index (χ0) is 16.0. The van der Waals surface area contributed by atoms with Crippen LogP contribution in [-0.2, 0) is 4.79 Å². The van der Waals surface area contributed by atoms with Crippen molar-refractivity contribution in [3.05, 3.63) is 11.4 Å². The molecule has 0 aliphatic heterocycles. The number of carbonyl (C=O) groups is 1. The van der Waals surface area contributed by atoms with Crippen LogP contribution in [0.1, 0.15) is 51.4 Å². The molecule has 7 nitrogen and oxygen atoms in total. The van der Waals surface area contributed by atoms with Gasteiger partial charge < -0.3 is 16.1 Å². The highest BCUT2D eigenvalue weighted by Gasteiger charge is 2.17. The van der Waals surface area contributed by atoms with Gasteiger partial charge in [-0.05, 0) is 20.3 Å². The van der Waals surface area contributed by atoms with Crippen molar-refractivity contribution in [2.24, 2.45) is 5.84 Å². The van der Waals surface area contributed by atoms with E-state index in [1.807, 2.05) is 27.7 Å². The lowest BCUT2D eigenvalue weighted by Crippen LogP contribution is -2.38. The Morgan fingerprint density at radius 2 is 1.86 bits per heavy atom. The Morgan fingerprint density at radius 1 is 1.24 bits per heavy atom. The van der Waals surface area contributed by atoms with E-state index in [1.54, 1.807) is 6.92 Å². The number of nitrogens with zero attached hydrogens (tertiary/aromatic N) is 2. The second-order valence-corrected chi connectivity index (χ2v) is 5.36. The molecule has 0 aromatic carbocycles. The van der Waals surface area contributed by atoms with Crippen molar-refractivity contribution >= 4 is 17.5 Å². The zero-order valence-electron chi connectivity index (χ0n) is 13.4. The van der Waals surface area contributed by atoms with Gasteiger partial charge in [0.25, 0.3) is 0 Å². The number of aromatic nitrogens is 2. The quantitative estimate of drug-likeness (QED) is 0.449. The number of carbonyl (C=O) groups excluding carboxylic acids is 1. The summed E-state index contributed by atoms with van der Waals surface area (Å²) in [6.45, 7) is 10.4. The summed E-state index contributed by atoms with van der Waals surface area (Å²) in [4.78, 5) is 20.8. The van der Waals surface area contributed by atoms with Gasteiger partial charge in [0.2, 0.25) is 5.91 Å². The molecule has 0 saturated heterocycles. The van der Waals surface area contributed by atoms with E-state index in [1.165, 1.54) is 0 Å². The van der Waals surface area contributed by atoms with Gasteiger partial charge in [0.05, 0.1) is 0 Å². The van der Waals surface area contributed by atoms with Crippen LogP contribution in [0.2, 0.25) is 0 Å². The number of hydrogen-bond donors (Lipinski definition) is 4. The van der Waals surface area contributed by atoms with Crippen LogP contribution < -0.4 is 21.9 Å². The molecule has 0 aliphatic carbocycles. The van der Waals surface area contributed by atoms with Crippen molar-refractivity contribution in [3.8, 4) is 0 Å². The highest BCUT2D eigenvalue weighted by atomic mass is 16.2. The maximum absolute atomic E-state index is 11.9. The minimum Gasteiger partial charge on any atom is -0.358 e. The van der Waals surface area contributed by atoms with Crippen LogP contribution in [0.25, 0.3) is 0 Å². The third kappa shape index (κ3) is 4.56. The Hall–Kier alpha value is -1.89. The normalized spacial score (nSPS) is 12.1. The van der Waals surface area contributed by atoms with Crippen molar-refractivity contribution in [3.63, 3.8) is 0 Å². The van der Waals surface area contributed by atoms with Gasteiger partial charge in [-0.15, -0.1) is 0 Å². The second kappa shape index (κ2) is 7.78. The molecule has 0 saturated carbocycles. The highest BCUT2D eigenvalue weighted by molar-refractivity contribution is 5.84. The lowest BCUT2D eigenvalue weighted by atomic mass is 10.2. The standard InChI is InChI=1S/C14H26N6O/c1-6-7-16-14(21)10(5)17-12-9(4)13(20-15)19-11(18-12)8(2)3/h8,10H,6-7,15H2,1-5H3,(H,16,21)(H2,17,18,19,20). The molecule has 5 N–H and O–H groups in total. The maximum atomic E-state index is 11.9. The summed E-state index contributed by atoms with van der Waals surface area (Å²) in [6, 6.07) is -0.379. The number of nitrogens with two attached hydrogens (primary N) is 1. The second-order valence-electron chi connectivity index (χ2n) is 5.36. The first-order valence-electron chi connectivity index (χ1n) is 7.30. The van der Waals surface area contributed by atoms with Crippen molar-refractivity contribution in [2.75, 3.05) is 17.3 Å². The summed E-state index contributed by atoms with van der Waals surface area (Å²) in [5.74, 6) is 7.48. The largest absolute Gasteiger partial charge is 0.358 e. The molecule has 0 fully saturated rings. The Bertz CT molecular complexity index is 489. The Kier molecular flexibility index (Phi) is 6.36. The molecule has 0 bridgehead atoms. The van der Waals surface area contributed by atoms with Gasteiger partial charge in [-0.2, -0.15) is 0 Å². The Labute approximate surface area is 126 Å². The molecule has 0 spiro atoms. The zero-order valence-corrected chi connectivity index (χ0v) is 13.4. The van der Waals surface area contributed by atoms with E-state index in [4.69, 9.17) is 5.84 Å². The molecule has 1 unspecified atom stereocenters. The van der Waals surface area contributed by atoms with E-state index in [0.29, 0.717) is 24.0 Å². The third-order valence-electron chi connectivity index (χ3n) is 3.11. The number of nitrogens with one attached hydrogen (secondary N) is 3. The molecule has 0 radical (unpaired) electrons. The van der Waals surface area contributed by atoms with E-state index in [0.717, 1.165) is 12.0 Å². The molecule has 7 heteroatoms. The van der Waals surface area contributed by atoms with E-state index in [-0.39, 0.29) is 17.9 Å². The fraction of sp³-hybridized carbons (Fsp3) is 0.643. The first kappa shape index (κ1) is 17.2. The van der Waals surface area contributed by atoms with Crippen LogP contribution in [0, 0.1) is 6.92 Å². The monoisotopic (exact) mass is 294 g/mol. The number of nitrogen functional groups attached to an aromatic ring is 1. The molecule has 1 heterocycles. The number of hydrazine groups is 1. The van der Waals surface area contributed by atoms with Crippen LogP contribution in [-0.4, -0.2) is 28.5 Å². The van der Waals surface area contributed by atoms with Crippen molar-refractivity contribution in [2.45, 2.75) is 53.0 Å². The SMILES string of the molecule is CCCNC(=O)C(C)Nc1nc(C(C)C)nc(NN)c1C. The maximum Gasteiger partial charge on any atom is 0.242 e. The van der Waals surface area contributed by atoms with Crippen LogP contribution in [0.4, 0.5) is 11.6 Å². The Morgan fingerprint density at radius 3 is 2.38 bits per heavy atom. The highest BCUT2D eigenvalue weighted by Crippen LogP contribution is 2.22. The molecule has 118 valence electrons. The van der Waals surface area contributed by atoms with E-state index < -0.39 is 0 Å². The van der Waals surface area contributed by atoms with Crippen molar-refractivity contribution < 1.29 is 4.79 Å². The molecule has 1 aromatic heterocycles. The van der Waals surface area contributed by atoms with Gasteiger partial charge in [0, 0.05) is 18.0 Å². The fourth-order valence-corrected chi connectivity index (χ4v) is 1.75. The van der Waals surface area contributed by atoms with Gasteiger partial charge in [-0.25, -0.2) is 15.8 Å². The van der Waals surface area contributed by atoms with Crippen molar-refractivity contribution in [1.82, 2.24) is 15.3 Å². The van der Waals surface area contributed by atoms with Crippen LogP contribution >= 0.6 is 0 Å². The molecular formula is C14H26N6O. The van der Waals surface area contributed by atoms with Crippen LogP contribution in [0.15, 0.2) is 0 Å². The average molecular weight is 294 g/mol. The predicted octanol–water partition coefficient (Wildman–Crippen LogP) is 1.52. The summed E-state index contributed by atoms with van der Waals surface area (Å²) >= 11 is 0. The molecule has 1 aromatic rings. The van der Waals surface area contributed by atoms with Crippen LogP contribution in [0.3, 0.4) is 0 Å². The summed E-state index contributed by atoms with van der Waals surface area (Å²) in [7, 11) is 0.